The number of rotatable bonds is 4. The fourth-order valence-corrected chi connectivity index (χ4v) is 4.65. The van der Waals surface area contributed by atoms with Gasteiger partial charge < -0.3 is 14.5 Å². The Morgan fingerprint density at radius 3 is 2.60 bits per heavy atom. The molecule has 4 heterocycles. The van der Waals surface area contributed by atoms with E-state index in [1.54, 1.807) is 6.20 Å². The molecular weight excluding hydrogens is 314 g/mol. The molecule has 0 aliphatic carbocycles. The lowest BCUT2D eigenvalue weighted by Gasteiger charge is -2.39. The standard InChI is InChI=1S/C20H29N3O2/c24-19-20(8-12-23(19)16-18-3-1-2-9-21-18)6-10-22(11-7-20)15-17-4-13-25-14-5-17/h1-3,9,17H,4-8,10-16H2. The van der Waals surface area contributed by atoms with Crippen molar-refractivity contribution in [3.05, 3.63) is 30.1 Å². The van der Waals surface area contributed by atoms with Crippen LogP contribution in [0.4, 0.5) is 0 Å². The normalized spacial score (nSPS) is 25.0. The van der Waals surface area contributed by atoms with Crippen LogP contribution < -0.4 is 0 Å². The highest BCUT2D eigenvalue weighted by Gasteiger charge is 2.48. The lowest BCUT2D eigenvalue weighted by molar-refractivity contribution is -0.139. The SMILES string of the molecule is O=C1N(Cc2ccccn2)CCC12CCN(CC1CCOCC1)CC2. The van der Waals surface area contributed by atoms with Crippen LogP contribution in [0, 0.1) is 11.3 Å². The summed E-state index contributed by atoms with van der Waals surface area (Å²) >= 11 is 0. The van der Waals surface area contributed by atoms with Gasteiger partial charge in [-0.25, -0.2) is 0 Å². The molecule has 136 valence electrons. The number of pyridine rings is 1. The molecule has 0 atom stereocenters. The summed E-state index contributed by atoms with van der Waals surface area (Å²) in [5.41, 5.74) is 0.894. The molecule has 1 amide bonds. The van der Waals surface area contributed by atoms with Crippen molar-refractivity contribution in [1.82, 2.24) is 14.8 Å². The third-order valence-electron chi connectivity index (χ3n) is 6.35. The molecule has 5 nitrogen and oxygen atoms in total. The average molecular weight is 343 g/mol. The van der Waals surface area contributed by atoms with Crippen molar-refractivity contribution >= 4 is 5.91 Å². The fourth-order valence-electron chi connectivity index (χ4n) is 4.65. The van der Waals surface area contributed by atoms with E-state index in [0.717, 1.165) is 63.7 Å². The van der Waals surface area contributed by atoms with Crippen LogP contribution in [-0.4, -0.2) is 60.1 Å². The summed E-state index contributed by atoms with van der Waals surface area (Å²) < 4.78 is 5.47. The molecule has 1 spiro atoms. The third kappa shape index (κ3) is 3.72. The van der Waals surface area contributed by atoms with Crippen LogP contribution in [0.5, 0.6) is 0 Å². The lowest BCUT2D eigenvalue weighted by atomic mass is 9.77. The van der Waals surface area contributed by atoms with Gasteiger partial charge in [0.05, 0.1) is 17.7 Å². The van der Waals surface area contributed by atoms with E-state index < -0.39 is 0 Å². The number of ether oxygens (including phenoxy) is 1. The smallest absolute Gasteiger partial charge is 0.229 e. The molecule has 3 aliphatic rings. The van der Waals surface area contributed by atoms with E-state index in [2.05, 4.69) is 9.88 Å². The second kappa shape index (κ2) is 7.42. The maximum absolute atomic E-state index is 13.0. The first-order valence-electron chi connectivity index (χ1n) is 9.75. The zero-order valence-corrected chi connectivity index (χ0v) is 15.0. The minimum atomic E-state index is -0.0963. The minimum absolute atomic E-state index is 0.0963. The van der Waals surface area contributed by atoms with Gasteiger partial charge in [-0.2, -0.15) is 0 Å². The van der Waals surface area contributed by atoms with E-state index in [0.29, 0.717) is 12.5 Å². The Hall–Kier alpha value is -1.46. The second-order valence-corrected chi connectivity index (χ2v) is 7.93. The van der Waals surface area contributed by atoms with E-state index >= 15 is 0 Å². The maximum Gasteiger partial charge on any atom is 0.229 e. The molecule has 0 radical (unpaired) electrons. The van der Waals surface area contributed by atoms with Crippen molar-refractivity contribution in [3.8, 4) is 0 Å². The molecule has 0 bridgehead atoms. The van der Waals surface area contributed by atoms with E-state index in [1.807, 2.05) is 23.1 Å². The zero-order valence-electron chi connectivity index (χ0n) is 15.0. The number of carbonyl (C=O) groups excluding carboxylic acids is 1. The molecule has 0 unspecified atom stereocenters. The van der Waals surface area contributed by atoms with Gasteiger partial charge in [0, 0.05) is 32.5 Å². The Balaban J connectivity index is 1.31. The van der Waals surface area contributed by atoms with Crippen LogP contribution in [0.2, 0.25) is 0 Å². The summed E-state index contributed by atoms with van der Waals surface area (Å²) in [5, 5.41) is 0. The summed E-state index contributed by atoms with van der Waals surface area (Å²) in [6, 6.07) is 5.92. The van der Waals surface area contributed by atoms with Crippen molar-refractivity contribution in [3.63, 3.8) is 0 Å². The molecule has 3 aliphatic heterocycles. The maximum atomic E-state index is 13.0. The van der Waals surface area contributed by atoms with Gasteiger partial charge in [0.25, 0.3) is 0 Å². The van der Waals surface area contributed by atoms with Gasteiger partial charge in [-0.15, -0.1) is 0 Å². The first-order valence-corrected chi connectivity index (χ1v) is 9.75. The quantitative estimate of drug-likeness (QED) is 0.842. The molecular formula is C20H29N3O2. The lowest BCUT2D eigenvalue weighted by Crippen LogP contribution is -2.46. The first-order chi connectivity index (χ1) is 12.3. The van der Waals surface area contributed by atoms with Crippen LogP contribution in [0.3, 0.4) is 0 Å². The highest BCUT2D eigenvalue weighted by Crippen LogP contribution is 2.42. The van der Waals surface area contributed by atoms with Gasteiger partial charge in [-0.1, -0.05) is 6.07 Å². The molecule has 5 heteroatoms. The van der Waals surface area contributed by atoms with Gasteiger partial charge in [-0.05, 0) is 63.2 Å². The summed E-state index contributed by atoms with van der Waals surface area (Å²) in [6.45, 7) is 6.71. The Labute approximate surface area is 150 Å². The van der Waals surface area contributed by atoms with Crippen molar-refractivity contribution < 1.29 is 9.53 Å². The Bertz CT molecular complexity index is 578. The molecule has 4 rings (SSSR count). The van der Waals surface area contributed by atoms with Gasteiger partial charge in [-0.3, -0.25) is 9.78 Å². The number of carbonyl (C=O) groups is 1. The number of amides is 1. The minimum Gasteiger partial charge on any atom is -0.381 e. The summed E-state index contributed by atoms with van der Waals surface area (Å²) in [6.07, 6.45) is 7.25. The summed E-state index contributed by atoms with van der Waals surface area (Å²) in [5.74, 6) is 1.15. The number of aromatic nitrogens is 1. The molecule has 0 N–H and O–H groups in total. The van der Waals surface area contributed by atoms with E-state index in [1.165, 1.54) is 19.4 Å². The molecule has 1 aromatic heterocycles. The van der Waals surface area contributed by atoms with E-state index in [4.69, 9.17) is 4.74 Å². The molecule has 1 aromatic rings. The van der Waals surface area contributed by atoms with Crippen molar-refractivity contribution in [1.29, 1.82) is 0 Å². The number of hydrogen-bond donors (Lipinski definition) is 0. The second-order valence-electron chi connectivity index (χ2n) is 7.93. The summed E-state index contributed by atoms with van der Waals surface area (Å²) in [4.78, 5) is 22.0. The number of piperidine rings is 1. The molecule has 25 heavy (non-hydrogen) atoms. The summed E-state index contributed by atoms with van der Waals surface area (Å²) in [7, 11) is 0. The Kier molecular flexibility index (Phi) is 5.04. The van der Waals surface area contributed by atoms with Crippen LogP contribution >= 0.6 is 0 Å². The average Bonchev–Trinajstić information content (AvgIpc) is 2.95. The first kappa shape index (κ1) is 17.0. The van der Waals surface area contributed by atoms with Crippen molar-refractivity contribution in [2.45, 2.75) is 38.6 Å². The Morgan fingerprint density at radius 2 is 1.88 bits per heavy atom. The number of nitrogens with zero attached hydrogens (tertiary/aromatic N) is 3. The largest absolute Gasteiger partial charge is 0.381 e. The van der Waals surface area contributed by atoms with Crippen LogP contribution in [-0.2, 0) is 16.1 Å². The third-order valence-corrected chi connectivity index (χ3v) is 6.35. The van der Waals surface area contributed by atoms with Crippen LogP contribution in [0.25, 0.3) is 0 Å². The van der Waals surface area contributed by atoms with Crippen LogP contribution in [0.1, 0.15) is 37.8 Å². The van der Waals surface area contributed by atoms with Crippen LogP contribution in [0.15, 0.2) is 24.4 Å². The monoisotopic (exact) mass is 343 g/mol. The van der Waals surface area contributed by atoms with Gasteiger partial charge in [0.2, 0.25) is 5.91 Å². The predicted molar refractivity (Wildman–Crippen MR) is 95.9 cm³/mol. The van der Waals surface area contributed by atoms with Crippen molar-refractivity contribution in [2.75, 3.05) is 39.4 Å². The highest BCUT2D eigenvalue weighted by atomic mass is 16.5. The number of likely N-dealkylation sites (tertiary alicyclic amines) is 2. The van der Waals surface area contributed by atoms with Gasteiger partial charge in [0.15, 0.2) is 0 Å². The zero-order chi connectivity index (χ0) is 17.1. The van der Waals surface area contributed by atoms with E-state index in [9.17, 15) is 4.79 Å². The topological polar surface area (TPSA) is 45.7 Å². The van der Waals surface area contributed by atoms with Gasteiger partial charge >= 0.3 is 0 Å². The number of hydrogen-bond acceptors (Lipinski definition) is 4. The fraction of sp³-hybridized carbons (Fsp3) is 0.700. The highest BCUT2D eigenvalue weighted by molar-refractivity contribution is 5.85. The van der Waals surface area contributed by atoms with E-state index in [-0.39, 0.29) is 5.41 Å². The molecule has 3 fully saturated rings. The van der Waals surface area contributed by atoms with Crippen molar-refractivity contribution in [2.24, 2.45) is 11.3 Å². The molecule has 0 saturated carbocycles. The molecule has 3 saturated heterocycles. The predicted octanol–water partition coefficient (Wildman–Crippen LogP) is 2.32. The Morgan fingerprint density at radius 1 is 1.12 bits per heavy atom. The molecule has 0 aromatic carbocycles. The van der Waals surface area contributed by atoms with Gasteiger partial charge in [0.1, 0.15) is 0 Å².